The number of furan rings is 1. The number of hydrogen-bond donors (Lipinski definition) is 0. The SMILES string of the molecule is CN(CC1CC2CCC1C2)C(=O)c1ccco1. The van der Waals surface area contributed by atoms with Crippen LogP contribution in [0.3, 0.4) is 0 Å². The number of carbonyl (C=O) groups is 1. The van der Waals surface area contributed by atoms with Crippen LogP contribution in [0, 0.1) is 17.8 Å². The maximum atomic E-state index is 12.0. The van der Waals surface area contributed by atoms with Gasteiger partial charge >= 0.3 is 0 Å². The van der Waals surface area contributed by atoms with Crippen LogP contribution in [-0.2, 0) is 0 Å². The molecule has 0 aromatic carbocycles. The average Bonchev–Trinajstić information content (AvgIpc) is 3.04. The lowest BCUT2D eigenvalue weighted by Crippen LogP contribution is -2.33. The van der Waals surface area contributed by atoms with Crippen molar-refractivity contribution in [3.63, 3.8) is 0 Å². The molecule has 0 saturated heterocycles. The van der Waals surface area contributed by atoms with Gasteiger partial charge in [-0.3, -0.25) is 4.79 Å². The normalized spacial score (nSPS) is 30.8. The maximum Gasteiger partial charge on any atom is 0.289 e. The largest absolute Gasteiger partial charge is 0.459 e. The molecule has 3 heteroatoms. The van der Waals surface area contributed by atoms with Crippen LogP contribution in [0.1, 0.15) is 36.2 Å². The summed E-state index contributed by atoms with van der Waals surface area (Å²) in [5, 5.41) is 0. The number of rotatable bonds is 3. The highest BCUT2D eigenvalue weighted by atomic mass is 16.3. The summed E-state index contributed by atoms with van der Waals surface area (Å²) in [6.45, 7) is 0.890. The van der Waals surface area contributed by atoms with Gasteiger partial charge in [0.15, 0.2) is 5.76 Å². The smallest absolute Gasteiger partial charge is 0.289 e. The Morgan fingerprint density at radius 2 is 2.35 bits per heavy atom. The van der Waals surface area contributed by atoms with Crippen LogP contribution in [0.15, 0.2) is 22.8 Å². The Balaban J connectivity index is 1.60. The first-order chi connectivity index (χ1) is 8.24. The van der Waals surface area contributed by atoms with Crippen LogP contribution >= 0.6 is 0 Å². The molecule has 1 heterocycles. The van der Waals surface area contributed by atoms with Gasteiger partial charge in [0.05, 0.1) is 6.26 Å². The highest BCUT2D eigenvalue weighted by Crippen LogP contribution is 2.48. The molecular weight excluding hydrogens is 214 g/mol. The van der Waals surface area contributed by atoms with Gasteiger partial charge in [0.2, 0.25) is 0 Å². The third kappa shape index (κ3) is 1.99. The second-order valence-electron chi connectivity index (χ2n) is 5.60. The Hall–Kier alpha value is -1.25. The molecule has 0 aliphatic heterocycles. The number of nitrogens with zero attached hydrogens (tertiary/aromatic N) is 1. The van der Waals surface area contributed by atoms with Crippen LogP contribution in [0.4, 0.5) is 0 Å². The number of amides is 1. The molecule has 2 aliphatic rings. The van der Waals surface area contributed by atoms with Crippen molar-refractivity contribution in [3.8, 4) is 0 Å². The van der Waals surface area contributed by atoms with Gasteiger partial charge in [-0.15, -0.1) is 0 Å². The second-order valence-corrected chi connectivity index (χ2v) is 5.60. The first-order valence-corrected chi connectivity index (χ1v) is 6.53. The van der Waals surface area contributed by atoms with E-state index < -0.39 is 0 Å². The van der Waals surface area contributed by atoms with Crippen molar-refractivity contribution >= 4 is 5.91 Å². The molecule has 2 fully saturated rings. The molecule has 0 N–H and O–H groups in total. The number of fused-ring (bicyclic) bond motifs is 2. The Bertz CT molecular complexity index is 398. The summed E-state index contributed by atoms with van der Waals surface area (Å²) >= 11 is 0. The molecule has 1 aromatic rings. The Kier molecular flexibility index (Phi) is 2.69. The summed E-state index contributed by atoms with van der Waals surface area (Å²) < 4.78 is 5.15. The van der Waals surface area contributed by atoms with Crippen LogP contribution in [0.25, 0.3) is 0 Å². The minimum atomic E-state index is 0.0118. The van der Waals surface area contributed by atoms with Crippen molar-refractivity contribution in [2.75, 3.05) is 13.6 Å². The summed E-state index contributed by atoms with van der Waals surface area (Å²) in [4.78, 5) is 13.9. The monoisotopic (exact) mass is 233 g/mol. The third-order valence-corrected chi connectivity index (χ3v) is 4.47. The summed E-state index contributed by atoms with van der Waals surface area (Å²) in [6, 6.07) is 3.50. The van der Waals surface area contributed by atoms with Crippen LogP contribution in [0.2, 0.25) is 0 Å². The number of carbonyl (C=O) groups excluding carboxylic acids is 1. The summed E-state index contributed by atoms with van der Waals surface area (Å²) in [5.41, 5.74) is 0. The van der Waals surface area contributed by atoms with Gasteiger partial charge in [0, 0.05) is 13.6 Å². The maximum absolute atomic E-state index is 12.0. The molecule has 3 rings (SSSR count). The van der Waals surface area contributed by atoms with Crippen LogP contribution < -0.4 is 0 Å². The zero-order valence-electron chi connectivity index (χ0n) is 10.3. The fraction of sp³-hybridized carbons (Fsp3) is 0.643. The van der Waals surface area contributed by atoms with E-state index >= 15 is 0 Å². The fourth-order valence-corrected chi connectivity index (χ4v) is 3.62. The first-order valence-electron chi connectivity index (χ1n) is 6.53. The zero-order valence-corrected chi connectivity index (χ0v) is 10.3. The highest BCUT2D eigenvalue weighted by Gasteiger charge is 2.40. The summed E-state index contributed by atoms with van der Waals surface area (Å²) in [6.07, 6.45) is 7.06. The van der Waals surface area contributed by atoms with Gasteiger partial charge in [0.25, 0.3) is 5.91 Å². The van der Waals surface area contributed by atoms with Crippen molar-refractivity contribution in [2.24, 2.45) is 17.8 Å². The van der Waals surface area contributed by atoms with Crippen molar-refractivity contribution in [1.82, 2.24) is 4.90 Å². The minimum absolute atomic E-state index is 0.0118. The fourth-order valence-electron chi connectivity index (χ4n) is 3.62. The van der Waals surface area contributed by atoms with E-state index in [4.69, 9.17) is 4.42 Å². The Morgan fingerprint density at radius 3 is 2.94 bits per heavy atom. The van der Waals surface area contributed by atoms with Gasteiger partial charge in [-0.05, 0) is 49.1 Å². The standard InChI is InChI=1S/C14H19NO2/c1-15(14(16)13-3-2-6-17-13)9-12-8-10-4-5-11(12)7-10/h2-3,6,10-12H,4-5,7-9H2,1H3. The molecule has 2 saturated carbocycles. The summed E-state index contributed by atoms with van der Waals surface area (Å²) in [5.74, 6) is 3.00. The molecule has 17 heavy (non-hydrogen) atoms. The lowest BCUT2D eigenvalue weighted by Gasteiger charge is -2.26. The van der Waals surface area contributed by atoms with Crippen molar-refractivity contribution < 1.29 is 9.21 Å². The van der Waals surface area contributed by atoms with Crippen molar-refractivity contribution in [2.45, 2.75) is 25.7 Å². The van der Waals surface area contributed by atoms with Crippen LogP contribution in [0.5, 0.6) is 0 Å². The number of hydrogen-bond acceptors (Lipinski definition) is 2. The Labute approximate surface area is 102 Å². The minimum Gasteiger partial charge on any atom is -0.459 e. The van der Waals surface area contributed by atoms with E-state index in [1.54, 1.807) is 18.4 Å². The predicted molar refractivity (Wildman–Crippen MR) is 64.6 cm³/mol. The van der Waals surface area contributed by atoms with Gasteiger partial charge in [-0.1, -0.05) is 6.42 Å². The van der Waals surface area contributed by atoms with Gasteiger partial charge in [0.1, 0.15) is 0 Å². The third-order valence-electron chi connectivity index (χ3n) is 4.47. The van der Waals surface area contributed by atoms with Crippen molar-refractivity contribution in [3.05, 3.63) is 24.2 Å². The lowest BCUT2D eigenvalue weighted by molar-refractivity contribution is 0.0723. The molecule has 1 aromatic heterocycles. The molecule has 3 atom stereocenters. The molecule has 0 radical (unpaired) electrons. The highest BCUT2D eigenvalue weighted by molar-refractivity contribution is 5.91. The molecular formula is C14H19NO2. The summed E-state index contributed by atoms with van der Waals surface area (Å²) in [7, 11) is 1.89. The van der Waals surface area contributed by atoms with E-state index in [0.29, 0.717) is 5.76 Å². The van der Waals surface area contributed by atoms with E-state index in [1.807, 2.05) is 11.9 Å². The van der Waals surface area contributed by atoms with Gasteiger partial charge in [-0.2, -0.15) is 0 Å². The van der Waals surface area contributed by atoms with E-state index in [1.165, 1.54) is 25.7 Å². The van der Waals surface area contributed by atoms with E-state index in [0.717, 1.165) is 24.3 Å². The first kappa shape index (κ1) is 10.9. The van der Waals surface area contributed by atoms with Gasteiger partial charge in [-0.25, -0.2) is 0 Å². The predicted octanol–water partition coefficient (Wildman–Crippen LogP) is 2.79. The molecule has 2 aliphatic carbocycles. The molecule has 92 valence electrons. The van der Waals surface area contributed by atoms with Gasteiger partial charge < -0.3 is 9.32 Å². The molecule has 0 spiro atoms. The zero-order chi connectivity index (χ0) is 11.8. The molecule has 1 amide bonds. The Morgan fingerprint density at radius 1 is 1.47 bits per heavy atom. The molecule has 3 nitrogen and oxygen atoms in total. The van der Waals surface area contributed by atoms with E-state index in [2.05, 4.69) is 0 Å². The average molecular weight is 233 g/mol. The molecule has 3 unspecified atom stereocenters. The van der Waals surface area contributed by atoms with E-state index in [-0.39, 0.29) is 5.91 Å². The molecule has 2 bridgehead atoms. The van der Waals surface area contributed by atoms with Crippen LogP contribution in [-0.4, -0.2) is 24.4 Å². The van der Waals surface area contributed by atoms with Crippen molar-refractivity contribution in [1.29, 1.82) is 0 Å². The quantitative estimate of drug-likeness (QED) is 0.804. The van der Waals surface area contributed by atoms with E-state index in [9.17, 15) is 4.79 Å². The lowest BCUT2D eigenvalue weighted by atomic mass is 9.88. The topological polar surface area (TPSA) is 33.5 Å². The second kappa shape index (κ2) is 4.21.